The quantitative estimate of drug-likeness (QED) is 0.848. The van der Waals surface area contributed by atoms with Gasteiger partial charge in [-0.05, 0) is 46.3 Å². The van der Waals surface area contributed by atoms with E-state index in [0.717, 1.165) is 25.9 Å². The molecular weight excluding hydrogens is 290 g/mol. The first-order valence-electron chi connectivity index (χ1n) is 7.36. The Labute approximate surface area is 126 Å². The normalized spacial score (nSPS) is 21.1. The van der Waals surface area contributed by atoms with Crippen molar-refractivity contribution in [3.63, 3.8) is 0 Å². The average Bonchev–Trinajstić information content (AvgIpc) is 2.83. The van der Waals surface area contributed by atoms with Crippen LogP contribution in [0.5, 0.6) is 0 Å². The fourth-order valence-corrected chi connectivity index (χ4v) is 4.11. The van der Waals surface area contributed by atoms with Gasteiger partial charge in [-0.1, -0.05) is 0 Å². The van der Waals surface area contributed by atoms with Crippen LogP contribution in [0.25, 0.3) is 0 Å². The topological polar surface area (TPSA) is 74.6 Å². The largest absolute Gasteiger partial charge is 0.390 e. The Morgan fingerprint density at radius 3 is 2.71 bits per heavy atom. The van der Waals surface area contributed by atoms with Crippen LogP contribution < -0.4 is 4.72 Å². The Morgan fingerprint density at radius 1 is 1.48 bits per heavy atom. The fraction of sp³-hybridized carbons (Fsp3) is 0.714. The number of likely N-dealkylation sites (tertiary alicyclic amines) is 1. The van der Waals surface area contributed by atoms with Crippen molar-refractivity contribution in [2.75, 3.05) is 20.1 Å². The van der Waals surface area contributed by atoms with Crippen molar-refractivity contribution in [1.82, 2.24) is 14.2 Å². The summed E-state index contributed by atoms with van der Waals surface area (Å²) in [6, 6.07) is 1.61. The second kappa shape index (κ2) is 6.48. The first-order chi connectivity index (χ1) is 9.83. The molecule has 0 spiro atoms. The Balaban J connectivity index is 2.19. The van der Waals surface area contributed by atoms with Crippen molar-refractivity contribution in [1.29, 1.82) is 0 Å². The predicted octanol–water partition coefficient (Wildman–Crippen LogP) is 0.934. The molecule has 2 N–H and O–H groups in total. The first kappa shape index (κ1) is 16.5. The molecule has 6 nitrogen and oxygen atoms in total. The summed E-state index contributed by atoms with van der Waals surface area (Å²) in [6.07, 6.45) is 3.46. The molecule has 1 aromatic rings. The van der Waals surface area contributed by atoms with E-state index in [9.17, 15) is 13.5 Å². The van der Waals surface area contributed by atoms with Gasteiger partial charge in [-0.3, -0.25) is 0 Å². The number of hydrogen-bond acceptors (Lipinski definition) is 4. The number of hydrogen-bond donors (Lipinski definition) is 2. The molecule has 0 aliphatic carbocycles. The van der Waals surface area contributed by atoms with Crippen LogP contribution in [0.4, 0.5) is 0 Å². The van der Waals surface area contributed by atoms with Gasteiger partial charge in [0.15, 0.2) is 0 Å². The molecule has 1 aliphatic rings. The monoisotopic (exact) mass is 315 g/mol. The molecule has 0 amide bonds. The smallest absolute Gasteiger partial charge is 0.242 e. The van der Waals surface area contributed by atoms with Crippen molar-refractivity contribution in [3.05, 3.63) is 18.0 Å². The summed E-state index contributed by atoms with van der Waals surface area (Å²) in [5.74, 6) is 0. The summed E-state index contributed by atoms with van der Waals surface area (Å²) in [4.78, 5) is 2.36. The van der Waals surface area contributed by atoms with E-state index in [1.807, 2.05) is 20.9 Å². The summed E-state index contributed by atoms with van der Waals surface area (Å²) in [7, 11) is -1.54. The highest BCUT2D eigenvalue weighted by molar-refractivity contribution is 7.89. The molecule has 0 aromatic carbocycles. The summed E-state index contributed by atoms with van der Waals surface area (Å²) in [5.41, 5.74) is 0.617. The third-order valence-corrected chi connectivity index (χ3v) is 5.37. The molecule has 1 aliphatic heterocycles. The first-order valence-corrected chi connectivity index (χ1v) is 8.84. The van der Waals surface area contributed by atoms with Crippen LogP contribution in [0, 0.1) is 0 Å². The molecule has 2 heterocycles. The van der Waals surface area contributed by atoms with Crippen LogP contribution in [0.1, 0.15) is 38.4 Å². The number of aromatic nitrogens is 1. The van der Waals surface area contributed by atoms with E-state index in [4.69, 9.17) is 0 Å². The highest BCUT2D eigenvalue weighted by Gasteiger charge is 2.25. The molecule has 1 unspecified atom stereocenters. The molecular formula is C14H25N3O3S. The summed E-state index contributed by atoms with van der Waals surface area (Å²) in [6.45, 7) is 5.49. The van der Waals surface area contributed by atoms with Crippen molar-refractivity contribution in [2.45, 2.75) is 50.3 Å². The zero-order valence-electron chi connectivity index (χ0n) is 12.9. The van der Waals surface area contributed by atoms with E-state index in [0.29, 0.717) is 5.69 Å². The molecule has 7 heteroatoms. The summed E-state index contributed by atoms with van der Waals surface area (Å²) < 4.78 is 29.5. The summed E-state index contributed by atoms with van der Waals surface area (Å²) in [5, 5.41) is 9.36. The number of likely N-dealkylation sites (N-methyl/N-ethyl adjacent to an activating group) is 1. The van der Waals surface area contributed by atoms with Gasteiger partial charge in [-0.15, -0.1) is 0 Å². The zero-order valence-corrected chi connectivity index (χ0v) is 13.7. The van der Waals surface area contributed by atoms with Gasteiger partial charge >= 0.3 is 0 Å². The van der Waals surface area contributed by atoms with Gasteiger partial charge in [-0.25, -0.2) is 13.1 Å². The molecule has 1 atom stereocenters. The van der Waals surface area contributed by atoms with Crippen molar-refractivity contribution >= 4 is 10.0 Å². The lowest BCUT2D eigenvalue weighted by atomic mass is 10.1. The number of nitrogens with zero attached hydrogens (tertiary/aromatic N) is 2. The SMILES string of the molecule is CC(C)n1cc(S(=O)(=O)NC2CCCN(C)C2)cc1CO. The third kappa shape index (κ3) is 3.85. The lowest BCUT2D eigenvalue weighted by molar-refractivity contribution is 0.242. The average molecular weight is 315 g/mol. The van der Waals surface area contributed by atoms with E-state index in [1.165, 1.54) is 0 Å². The van der Waals surface area contributed by atoms with E-state index >= 15 is 0 Å². The lowest BCUT2D eigenvalue weighted by Crippen LogP contribution is -2.46. The molecule has 1 fully saturated rings. The van der Waals surface area contributed by atoms with Crippen LogP contribution in [-0.4, -0.2) is 49.2 Å². The van der Waals surface area contributed by atoms with Gasteiger partial charge in [0.1, 0.15) is 0 Å². The van der Waals surface area contributed by atoms with Crippen LogP contribution in [-0.2, 0) is 16.6 Å². The van der Waals surface area contributed by atoms with E-state index in [2.05, 4.69) is 9.62 Å². The Morgan fingerprint density at radius 2 is 2.19 bits per heavy atom. The minimum Gasteiger partial charge on any atom is -0.390 e. The van der Waals surface area contributed by atoms with Gasteiger partial charge in [0, 0.05) is 30.5 Å². The van der Waals surface area contributed by atoms with Gasteiger partial charge in [0.05, 0.1) is 11.5 Å². The third-order valence-electron chi connectivity index (χ3n) is 3.88. The molecule has 21 heavy (non-hydrogen) atoms. The Bertz CT molecular complexity index is 580. The van der Waals surface area contributed by atoms with Crippen LogP contribution >= 0.6 is 0 Å². The Hall–Kier alpha value is -0.890. The minimum absolute atomic E-state index is 0.0475. The van der Waals surface area contributed by atoms with Crippen molar-refractivity contribution in [2.24, 2.45) is 0 Å². The van der Waals surface area contributed by atoms with Gasteiger partial charge in [-0.2, -0.15) is 0 Å². The molecule has 1 aromatic heterocycles. The number of aliphatic hydroxyl groups is 1. The van der Waals surface area contributed by atoms with Gasteiger partial charge in [0.25, 0.3) is 0 Å². The molecule has 0 bridgehead atoms. The van der Waals surface area contributed by atoms with Crippen molar-refractivity contribution < 1.29 is 13.5 Å². The molecule has 2 rings (SSSR count). The van der Waals surface area contributed by atoms with Crippen molar-refractivity contribution in [3.8, 4) is 0 Å². The Kier molecular flexibility index (Phi) is 5.08. The second-order valence-electron chi connectivity index (χ2n) is 6.05. The fourth-order valence-electron chi connectivity index (χ4n) is 2.80. The maximum absolute atomic E-state index is 12.5. The number of rotatable bonds is 5. The molecule has 120 valence electrons. The second-order valence-corrected chi connectivity index (χ2v) is 7.76. The number of aliphatic hydroxyl groups excluding tert-OH is 1. The highest BCUT2D eigenvalue weighted by atomic mass is 32.2. The molecule has 1 saturated heterocycles. The van der Waals surface area contributed by atoms with E-state index in [1.54, 1.807) is 16.8 Å². The number of sulfonamides is 1. The van der Waals surface area contributed by atoms with Crippen LogP contribution in [0.15, 0.2) is 17.2 Å². The number of piperidine rings is 1. The van der Waals surface area contributed by atoms with Crippen LogP contribution in [0.3, 0.4) is 0 Å². The maximum Gasteiger partial charge on any atom is 0.242 e. The highest BCUT2D eigenvalue weighted by Crippen LogP contribution is 2.20. The standard InChI is InChI=1S/C14H25N3O3S/c1-11(2)17-9-14(7-13(17)10-18)21(19,20)15-12-5-4-6-16(3)8-12/h7,9,11-12,15,18H,4-6,8,10H2,1-3H3. The lowest BCUT2D eigenvalue weighted by Gasteiger charge is -2.29. The zero-order chi connectivity index (χ0) is 15.6. The van der Waals surface area contributed by atoms with Crippen LogP contribution in [0.2, 0.25) is 0 Å². The van der Waals surface area contributed by atoms with E-state index < -0.39 is 10.0 Å². The van der Waals surface area contributed by atoms with Gasteiger partial charge in [0.2, 0.25) is 10.0 Å². The predicted molar refractivity (Wildman–Crippen MR) is 81.6 cm³/mol. The minimum atomic E-state index is -3.54. The summed E-state index contributed by atoms with van der Waals surface area (Å²) >= 11 is 0. The molecule has 0 radical (unpaired) electrons. The molecule has 0 saturated carbocycles. The van der Waals surface area contributed by atoms with Gasteiger partial charge < -0.3 is 14.6 Å². The maximum atomic E-state index is 12.5. The van der Waals surface area contributed by atoms with E-state index in [-0.39, 0.29) is 23.6 Å². The number of nitrogens with one attached hydrogen (secondary N) is 1.